The summed E-state index contributed by atoms with van der Waals surface area (Å²) in [6.07, 6.45) is 5.78. The molecule has 0 aromatic carbocycles. The second-order valence-electron chi connectivity index (χ2n) is 8.20. The second kappa shape index (κ2) is 10.8. The molecule has 29 heavy (non-hydrogen) atoms. The molecule has 0 spiro atoms. The Hall–Kier alpha value is -1.86. The number of hydrogen-bond donors (Lipinski definition) is 1. The first-order chi connectivity index (χ1) is 14.1. The number of carbonyl (C=O) groups excluding carboxylic acids is 2. The molecule has 1 atom stereocenters. The zero-order chi connectivity index (χ0) is 20.6. The number of carbonyl (C=O) groups is 2. The molecule has 2 amide bonds. The van der Waals surface area contributed by atoms with Crippen LogP contribution in [-0.2, 0) is 16.1 Å². The fourth-order valence-corrected chi connectivity index (χ4v) is 4.49. The van der Waals surface area contributed by atoms with E-state index >= 15 is 0 Å². The van der Waals surface area contributed by atoms with Crippen molar-refractivity contribution >= 4 is 11.8 Å². The molecule has 7 nitrogen and oxygen atoms in total. The summed E-state index contributed by atoms with van der Waals surface area (Å²) in [7, 11) is 1.60. The molecule has 0 saturated carbocycles. The van der Waals surface area contributed by atoms with Crippen molar-refractivity contribution in [2.24, 2.45) is 5.92 Å². The Balaban J connectivity index is 1.34. The number of amides is 2. The van der Waals surface area contributed by atoms with Crippen LogP contribution in [0.25, 0.3) is 0 Å². The Morgan fingerprint density at radius 3 is 2.72 bits per heavy atom. The van der Waals surface area contributed by atoms with Crippen molar-refractivity contribution in [1.82, 2.24) is 15.1 Å². The lowest BCUT2D eigenvalue weighted by Crippen LogP contribution is -2.40. The van der Waals surface area contributed by atoms with Gasteiger partial charge in [0, 0.05) is 39.2 Å². The summed E-state index contributed by atoms with van der Waals surface area (Å²) < 4.78 is 10.6. The van der Waals surface area contributed by atoms with Crippen LogP contribution in [0.5, 0.6) is 0 Å². The molecular formula is C22H35N3O4. The number of nitrogens with zero attached hydrogens (tertiary/aromatic N) is 2. The summed E-state index contributed by atoms with van der Waals surface area (Å²) in [6, 6.07) is 4.01. The Bertz CT molecular complexity index is 667. The number of furan rings is 1. The lowest BCUT2D eigenvalue weighted by atomic mass is 9.92. The molecular weight excluding hydrogens is 370 g/mol. The van der Waals surface area contributed by atoms with Gasteiger partial charge in [-0.1, -0.05) is 6.92 Å². The van der Waals surface area contributed by atoms with Crippen molar-refractivity contribution in [2.45, 2.75) is 58.1 Å². The molecule has 3 rings (SSSR count). The minimum atomic E-state index is -0.0550. The number of likely N-dealkylation sites (tertiary alicyclic amines) is 2. The lowest BCUT2D eigenvalue weighted by Gasteiger charge is -2.31. The van der Waals surface area contributed by atoms with Crippen LogP contribution < -0.4 is 5.32 Å². The van der Waals surface area contributed by atoms with E-state index in [9.17, 15) is 9.59 Å². The Labute approximate surface area is 173 Å². The van der Waals surface area contributed by atoms with E-state index < -0.39 is 0 Å². The molecule has 2 aliphatic heterocycles. The highest BCUT2D eigenvalue weighted by Gasteiger charge is 2.26. The van der Waals surface area contributed by atoms with Gasteiger partial charge in [0.15, 0.2) is 5.76 Å². The fraction of sp³-hybridized carbons (Fsp3) is 0.727. The van der Waals surface area contributed by atoms with Crippen LogP contribution in [0.15, 0.2) is 16.5 Å². The third-order valence-corrected chi connectivity index (χ3v) is 6.28. The third kappa shape index (κ3) is 6.06. The molecule has 2 fully saturated rings. The van der Waals surface area contributed by atoms with Crippen molar-refractivity contribution in [1.29, 1.82) is 0 Å². The number of rotatable bonds is 9. The zero-order valence-corrected chi connectivity index (χ0v) is 17.8. The third-order valence-electron chi connectivity index (χ3n) is 6.28. The average Bonchev–Trinajstić information content (AvgIpc) is 3.40. The summed E-state index contributed by atoms with van der Waals surface area (Å²) in [5.41, 5.74) is 0. The molecule has 0 radical (unpaired) electrons. The normalized spacial score (nSPS) is 20.9. The number of likely N-dealkylation sites (N-methyl/N-ethyl adjacent to an activating group) is 1. The Kier molecular flexibility index (Phi) is 8.12. The fourth-order valence-electron chi connectivity index (χ4n) is 4.49. The molecule has 0 bridgehead atoms. The van der Waals surface area contributed by atoms with E-state index in [0.29, 0.717) is 36.5 Å². The van der Waals surface area contributed by atoms with Crippen molar-refractivity contribution in [3.8, 4) is 0 Å². The van der Waals surface area contributed by atoms with Crippen LogP contribution in [0.4, 0.5) is 0 Å². The maximum Gasteiger partial charge on any atom is 0.289 e. The maximum absolute atomic E-state index is 12.6. The number of piperidine rings is 1. The SMILES string of the molecule is CCN1CCCC1CNC(=O)CCC1CCN(C(=O)c2ccc(COC)o2)CC1. The molecule has 2 saturated heterocycles. The number of methoxy groups -OCH3 is 1. The van der Waals surface area contributed by atoms with Crippen LogP contribution in [0.2, 0.25) is 0 Å². The topological polar surface area (TPSA) is 75.0 Å². The predicted molar refractivity (Wildman–Crippen MR) is 111 cm³/mol. The summed E-state index contributed by atoms with van der Waals surface area (Å²) in [5.74, 6) is 1.65. The molecule has 3 heterocycles. The van der Waals surface area contributed by atoms with E-state index in [4.69, 9.17) is 9.15 Å². The molecule has 7 heteroatoms. The van der Waals surface area contributed by atoms with Gasteiger partial charge in [-0.05, 0) is 63.2 Å². The summed E-state index contributed by atoms with van der Waals surface area (Å²) in [5, 5.41) is 3.12. The van der Waals surface area contributed by atoms with Gasteiger partial charge in [-0.3, -0.25) is 14.5 Å². The molecule has 1 unspecified atom stereocenters. The quantitative estimate of drug-likeness (QED) is 0.684. The standard InChI is InChI=1S/C22H35N3O4/c1-3-24-12-4-5-18(24)15-23-21(26)9-6-17-10-13-25(14-11-17)22(27)20-8-7-19(29-20)16-28-2/h7-8,17-18H,3-6,9-16H2,1-2H3,(H,23,26). The van der Waals surface area contributed by atoms with Crippen LogP contribution in [-0.4, -0.2) is 67.5 Å². The van der Waals surface area contributed by atoms with Gasteiger partial charge in [0.1, 0.15) is 12.4 Å². The van der Waals surface area contributed by atoms with E-state index in [1.807, 2.05) is 4.90 Å². The van der Waals surface area contributed by atoms with Gasteiger partial charge >= 0.3 is 0 Å². The number of hydrogen-bond acceptors (Lipinski definition) is 5. The first-order valence-electron chi connectivity index (χ1n) is 11.0. The molecule has 0 aliphatic carbocycles. The highest BCUT2D eigenvalue weighted by atomic mass is 16.5. The van der Waals surface area contributed by atoms with Crippen molar-refractivity contribution < 1.29 is 18.7 Å². The van der Waals surface area contributed by atoms with E-state index in [1.54, 1.807) is 19.2 Å². The van der Waals surface area contributed by atoms with Crippen molar-refractivity contribution in [2.75, 3.05) is 39.8 Å². The lowest BCUT2D eigenvalue weighted by molar-refractivity contribution is -0.121. The maximum atomic E-state index is 12.6. The first kappa shape index (κ1) is 21.8. The highest BCUT2D eigenvalue weighted by Crippen LogP contribution is 2.24. The van der Waals surface area contributed by atoms with E-state index in [2.05, 4.69) is 17.1 Å². The molecule has 2 aliphatic rings. The summed E-state index contributed by atoms with van der Waals surface area (Å²) in [4.78, 5) is 29.1. The minimum Gasteiger partial charge on any atom is -0.453 e. The van der Waals surface area contributed by atoms with E-state index in [-0.39, 0.29) is 11.8 Å². The number of nitrogens with one attached hydrogen (secondary N) is 1. The highest BCUT2D eigenvalue weighted by molar-refractivity contribution is 5.91. The van der Waals surface area contributed by atoms with Gasteiger partial charge in [-0.15, -0.1) is 0 Å². The van der Waals surface area contributed by atoms with Crippen LogP contribution in [0.1, 0.15) is 61.8 Å². The summed E-state index contributed by atoms with van der Waals surface area (Å²) >= 11 is 0. The number of ether oxygens (including phenoxy) is 1. The molecule has 1 aromatic heterocycles. The minimum absolute atomic E-state index is 0.0550. The van der Waals surface area contributed by atoms with E-state index in [0.717, 1.165) is 52.0 Å². The van der Waals surface area contributed by atoms with Crippen molar-refractivity contribution in [3.05, 3.63) is 23.7 Å². The van der Waals surface area contributed by atoms with E-state index in [1.165, 1.54) is 12.8 Å². The zero-order valence-electron chi connectivity index (χ0n) is 17.8. The van der Waals surface area contributed by atoms with Crippen LogP contribution in [0.3, 0.4) is 0 Å². The van der Waals surface area contributed by atoms with Gasteiger partial charge in [-0.25, -0.2) is 0 Å². The Morgan fingerprint density at radius 2 is 2.00 bits per heavy atom. The van der Waals surface area contributed by atoms with Gasteiger partial charge in [0.2, 0.25) is 5.91 Å². The first-order valence-corrected chi connectivity index (χ1v) is 11.0. The van der Waals surface area contributed by atoms with Gasteiger partial charge < -0.3 is 19.4 Å². The molecule has 1 N–H and O–H groups in total. The van der Waals surface area contributed by atoms with Gasteiger partial charge in [0.25, 0.3) is 5.91 Å². The monoisotopic (exact) mass is 405 g/mol. The predicted octanol–water partition coefficient (Wildman–Crippen LogP) is 2.66. The van der Waals surface area contributed by atoms with Crippen molar-refractivity contribution in [3.63, 3.8) is 0 Å². The van der Waals surface area contributed by atoms with Crippen LogP contribution in [0, 0.1) is 5.92 Å². The average molecular weight is 406 g/mol. The second-order valence-corrected chi connectivity index (χ2v) is 8.20. The summed E-state index contributed by atoms with van der Waals surface area (Å²) in [6.45, 7) is 6.98. The molecule has 1 aromatic rings. The van der Waals surface area contributed by atoms with Gasteiger partial charge in [-0.2, -0.15) is 0 Å². The van der Waals surface area contributed by atoms with Gasteiger partial charge in [0.05, 0.1) is 0 Å². The molecule has 162 valence electrons. The Morgan fingerprint density at radius 1 is 1.21 bits per heavy atom. The van der Waals surface area contributed by atoms with Crippen LogP contribution >= 0.6 is 0 Å². The largest absolute Gasteiger partial charge is 0.453 e. The smallest absolute Gasteiger partial charge is 0.289 e.